The van der Waals surface area contributed by atoms with E-state index < -0.39 is 8.56 Å². The van der Waals surface area contributed by atoms with Crippen molar-refractivity contribution < 1.29 is 8.85 Å². The Morgan fingerprint density at radius 3 is 2.00 bits per heavy atom. The summed E-state index contributed by atoms with van der Waals surface area (Å²) in [7, 11) is -1.91. The van der Waals surface area contributed by atoms with Gasteiger partial charge in [-0.05, 0) is 19.9 Å². The maximum atomic E-state index is 5.80. The molecule has 0 fully saturated rings. The first-order valence-corrected chi connectivity index (χ1v) is 7.36. The van der Waals surface area contributed by atoms with Crippen LogP contribution >= 0.6 is 0 Å². The summed E-state index contributed by atoms with van der Waals surface area (Å²) in [5.41, 5.74) is 0. The van der Waals surface area contributed by atoms with E-state index in [0.717, 1.165) is 31.7 Å². The fraction of sp³-hybridized carbons (Fsp3) is 0.800. The third-order valence-corrected chi connectivity index (χ3v) is 5.70. The summed E-state index contributed by atoms with van der Waals surface area (Å²) in [6.45, 7) is 11.5. The number of hydrogen-bond donors (Lipinski definition) is 0. The minimum atomic E-state index is -1.91. The van der Waals surface area contributed by atoms with Gasteiger partial charge in [0.2, 0.25) is 0 Å². The summed E-state index contributed by atoms with van der Waals surface area (Å²) in [6, 6.07) is 1.98. The predicted molar refractivity (Wildman–Crippen MR) is 59.1 cm³/mol. The third kappa shape index (κ3) is 4.60. The fourth-order valence-corrected chi connectivity index (χ4v) is 4.60. The van der Waals surface area contributed by atoms with Crippen molar-refractivity contribution in [2.75, 3.05) is 13.2 Å². The van der Waals surface area contributed by atoms with E-state index in [2.05, 4.69) is 13.5 Å². The second-order valence-electron chi connectivity index (χ2n) is 3.02. The maximum absolute atomic E-state index is 5.80. The minimum absolute atomic E-state index is 0.750. The van der Waals surface area contributed by atoms with E-state index in [9.17, 15) is 0 Å². The topological polar surface area (TPSA) is 18.5 Å². The SMILES string of the molecule is C=CC[Si](CCC)(OCC)OCC. The van der Waals surface area contributed by atoms with Gasteiger partial charge in [0.25, 0.3) is 0 Å². The molecule has 13 heavy (non-hydrogen) atoms. The van der Waals surface area contributed by atoms with E-state index in [4.69, 9.17) is 8.85 Å². The van der Waals surface area contributed by atoms with Gasteiger partial charge in [0.15, 0.2) is 0 Å². The summed E-state index contributed by atoms with van der Waals surface area (Å²) in [5.74, 6) is 0. The van der Waals surface area contributed by atoms with E-state index in [1.807, 2.05) is 19.9 Å². The number of allylic oxidation sites excluding steroid dienone is 1. The van der Waals surface area contributed by atoms with Crippen molar-refractivity contribution in [3.8, 4) is 0 Å². The van der Waals surface area contributed by atoms with Gasteiger partial charge in [0.05, 0.1) is 0 Å². The van der Waals surface area contributed by atoms with Crippen LogP contribution in [0.25, 0.3) is 0 Å². The molecule has 0 aromatic heterocycles. The van der Waals surface area contributed by atoms with Crippen LogP contribution in [0.3, 0.4) is 0 Å². The molecule has 0 N–H and O–H groups in total. The lowest BCUT2D eigenvalue weighted by molar-refractivity contribution is 0.185. The molecule has 0 aliphatic heterocycles. The van der Waals surface area contributed by atoms with Gasteiger partial charge in [-0.3, -0.25) is 0 Å². The lowest BCUT2D eigenvalue weighted by atomic mass is 10.6. The lowest BCUT2D eigenvalue weighted by Crippen LogP contribution is -2.41. The molecule has 0 heterocycles. The van der Waals surface area contributed by atoms with Gasteiger partial charge < -0.3 is 8.85 Å². The molecule has 0 aliphatic carbocycles. The molecule has 0 saturated heterocycles. The highest BCUT2D eigenvalue weighted by Crippen LogP contribution is 2.21. The van der Waals surface area contributed by atoms with Crippen LogP contribution in [0.4, 0.5) is 0 Å². The Morgan fingerprint density at radius 1 is 1.15 bits per heavy atom. The quantitative estimate of drug-likeness (QED) is 0.445. The largest absolute Gasteiger partial charge is 0.394 e. The number of hydrogen-bond acceptors (Lipinski definition) is 2. The van der Waals surface area contributed by atoms with Gasteiger partial charge in [-0.15, -0.1) is 6.58 Å². The summed E-state index contributed by atoms with van der Waals surface area (Å²) in [6.07, 6.45) is 3.05. The second kappa shape index (κ2) is 7.30. The summed E-state index contributed by atoms with van der Waals surface area (Å²) in [4.78, 5) is 0. The normalized spacial score (nSPS) is 11.6. The number of rotatable bonds is 8. The van der Waals surface area contributed by atoms with Crippen molar-refractivity contribution in [2.24, 2.45) is 0 Å². The van der Waals surface area contributed by atoms with Crippen LogP contribution in [-0.4, -0.2) is 21.8 Å². The molecule has 0 atom stereocenters. The summed E-state index contributed by atoms with van der Waals surface area (Å²) < 4.78 is 11.6. The Bertz CT molecular complexity index is 120. The van der Waals surface area contributed by atoms with E-state index in [1.54, 1.807) is 0 Å². The summed E-state index contributed by atoms with van der Waals surface area (Å²) in [5, 5.41) is 0. The minimum Gasteiger partial charge on any atom is -0.394 e. The van der Waals surface area contributed by atoms with Gasteiger partial charge in [-0.1, -0.05) is 19.4 Å². The standard InChI is InChI=1S/C10H22O2Si/c1-5-9-13(10-6-2,11-7-3)12-8-4/h5H,1,6-10H2,2-4H3. The molecule has 0 radical (unpaired) electrons. The van der Waals surface area contributed by atoms with Crippen LogP contribution in [0.2, 0.25) is 12.1 Å². The van der Waals surface area contributed by atoms with Crippen molar-refractivity contribution in [3.63, 3.8) is 0 Å². The molecule has 0 spiro atoms. The van der Waals surface area contributed by atoms with E-state index in [0.29, 0.717) is 0 Å². The molecule has 0 aromatic rings. The zero-order chi connectivity index (χ0) is 10.2. The van der Waals surface area contributed by atoms with E-state index in [-0.39, 0.29) is 0 Å². The van der Waals surface area contributed by atoms with Crippen LogP contribution in [-0.2, 0) is 8.85 Å². The average Bonchev–Trinajstić information content (AvgIpc) is 2.06. The molecule has 78 valence electrons. The van der Waals surface area contributed by atoms with Crippen LogP contribution in [0.5, 0.6) is 0 Å². The predicted octanol–water partition coefficient (Wildman–Crippen LogP) is 3.10. The first kappa shape index (κ1) is 12.9. The van der Waals surface area contributed by atoms with Gasteiger partial charge in [-0.2, -0.15) is 0 Å². The lowest BCUT2D eigenvalue weighted by Gasteiger charge is -2.28. The molecular weight excluding hydrogens is 180 g/mol. The van der Waals surface area contributed by atoms with Gasteiger partial charge in [-0.25, -0.2) is 0 Å². The van der Waals surface area contributed by atoms with Crippen LogP contribution in [0, 0.1) is 0 Å². The van der Waals surface area contributed by atoms with E-state index >= 15 is 0 Å². The van der Waals surface area contributed by atoms with Crippen molar-refractivity contribution in [1.29, 1.82) is 0 Å². The Balaban J connectivity index is 4.27. The van der Waals surface area contributed by atoms with Gasteiger partial charge in [0, 0.05) is 19.3 Å². The van der Waals surface area contributed by atoms with Crippen molar-refractivity contribution in [2.45, 2.75) is 39.3 Å². The monoisotopic (exact) mass is 202 g/mol. The maximum Gasteiger partial charge on any atom is 0.341 e. The molecule has 2 nitrogen and oxygen atoms in total. The van der Waals surface area contributed by atoms with Crippen LogP contribution in [0.1, 0.15) is 27.2 Å². The van der Waals surface area contributed by atoms with Crippen molar-refractivity contribution >= 4 is 8.56 Å². The zero-order valence-corrected chi connectivity index (χ0v) is 10.1. The molecule has 0 saturated carbocycles. The zero-order valence-electron chi connectivity index (χ0n) is 9.14. The van der Waals surface area contributed by atoms with Crippen LogP contribution in [0.15, 0.2) is 12.7 Å². The molecule has 0 bridgehead atoms. The van der Waals surface area contributed by atoms with Crippen molar-refractivity contribution in [1.82, 2.24) is 0 Å². The Labute approximate surface area is 83.2 Å². The molecular formula is C10H22O2Si. The molecule has 0 amide bonds. The molecule has 0 rings (SSSR count). The molecule has 0 unspecified atom stereocenters. The first-order chi connectivity index (χ1) is 6.24. The highest BCUT2D eigenvalue weighted by Gasteiger charge is 2.34. The Morgan fingerprint density at radius 2 is 1.69 bits per heavy atom. The van der Waals surface area contributed by atoms with Crippen LogP contribution < -0.4 is 0 Å². The first-order valence-electron chi connectivity index (χ1n) is 5.13. The molecule has 0 aliphatic rings. The fourth-order valence-electron chi connectivity index (χ4n) is 1.53. The smallest absolute Gasteiger partial charge is 0.341 e. The Kier molecular flexibility index (Phi) is 7.23. The van der Waals surface area contributed by atoms with Gasteiger partial charge >= 0.3 is 8.56 Å². The van der Waals surface area contributed by atoms with Gasteiger partial charge in [0.1, 0.15) is 0 Å². The second-order valence-corrected chi connectivity index (χ2v) is 6.33. The molecule has 3 heteroatoms. The Hall–Kier alpha value is -0.123. The van der Waals surface area contributed by atoms with E-state index in [1.165, 1.54) is 0 Å². The highest BCUT2D eigenvalue weighted by atomic mass is 28.4. The third-order valence-electron chi connectivity index (χ3n) is 1.90. The molecule has 0 aromatic carbocycles. The average molecular weight is 202 g/mol. The highest BCUT2D eigenvalue weighted by molar-refractivity contribution is 6.67. The summed E-state index contributed by atoms with van der Waals surface area (Å²) >= 11 is 0. The van der Waals surface area contributed by atoms with Crippen molar-refractivity contribution in [3.05, 3.63) is 12.7 Å².